The number of nitrogens with zero attached hydrogens (tertiary/aromatic N) is 1. The molecule has 1 rings (SSSR count). The van der Waals surface area contributed by atoms with E-state index in [9.17, 15) is 8.42 Å². The minimum absolute atomic E-state index is 0.302. The summed E-state index contributed by atoms with van der Waals surface area (Å²) in [6.45, 7) is 2.62. The number of aromatic nitrogens is 1. The van der Waals surface area contributed by atoms with Crippen LogP contribution in [-0.4, -0.2) is 32.7 Å². The van der Waals surface area contributed by atoms with E-state index in [0.29, 0.717) is 24.6 Å². The molecular formula is C9H15BrN4O2S. The molecule has 0 unspecified atom stereocenters. The van der Waals surface area contributed by atoms with Gasteiger partial charge < -0.3 is 11.1 Å². The quantitative estimate of drug-likeness (QED) is 0.693. The summed E-state index contributed by atoms with van der Waals surface area (Å²) in [5.74, 6) is 0.645. The molecule has 0 amide bonds. The topological polar surface area (TPSA) is 97.1 Å². The molecule has 1 heterocycles. The fraction of sp³-hybridized carbons (Fsp3) is 0.444. The van der Waals surface area contributed by atoms with Gasteiger partial charge in [-0.25, -0.2) is 18.1 Å². The Kier molecular flexibility index (Phi) is 4.72. The number of nitrogens with one attached hydrogen (secondary N) is 2. The number of sulfonamides is 1. The Morgan fingerprint density at radius 3 is 2.71 bits per heavy atom. The molecule has 0 radical (unpaired) electrons. The molecule has 0 saturated carbocycles. The minimum Gasteiger partial charge on any atom is -0.397 e. The zero-order chi connectivity index (χ0) is 13.1. The molecular weight excluding hydrogens is 308 g/mol. The lowest BCUT2D eigenvalue weighted by molar-refractivity contribution is 0.589. The Labute approximate surface area is 109 Å². The van der Waals surface area contributed by atoms with E-state index in [0.717, 1.165) is 16.3 Å². The smallest absolute Gasteiger partial charge is 0.208 e. The number of nitrogens with two attached hydrogens (primary N) is 1. The van der Waals surface area contributed by atoms with E-state index in [4.69, 9.17) is 5.73 Å². The summed E-state index contributed by atoms with van der Waals surface area (Å²) >= 11 is 3.38. The van der Waals surface area contributed by atoms with Crippen molar-refractivity contribution in [3.63, 3.8) is 0 Å². The summed E-state index contributed by atoms with van der Waals surface area (Å²) in [7, 11) is -3.15. The summed E-state index contributed by atoms with van der Waals surface area (Å²) in [6, 6.07) is 0. The van der Waals surface area contributed by atoms with Crippen molar-refractivity contribution < 1.29 is 8.42 Å². The molecule has 6 nitrogen and oxygen atoms in total. The zero-order valence-electron chi connectivity index (χ0n) is 9.62. The maximum Gasteiger partial charge on any atom is 0.208 e. The second-order valence-electron chi connectivity index (χ2n) is 3.59. The van der Waals surface area contributed by atoms with Crippen LogP contribution >= 0.6 is 15.9 Å². The summed E-state index contributed by atoms with van der Waals surface area (Å²) in [6.07, 6.45) is 2.68. The highest BCUT2D eigenvalue weighted by Gasteiger charge is 2.07. The predicted molar refractivity (Wildman–Crippen MR) is 72.4 cm³/mol. The normalized spacial score (nSPS) is 11.5. The molecule has 0 fully saturated rings. The number of halogens is 1. The van der Waals surface area contributed by atoms with Crippen molar-refractivity contribution in [1.29, 1.82) is 0 Å². The molecule has 0 saturated heterocycles. The van der Waals surface area contributed by atoms with E-state index in [1.807, 2.05) is 6.92 Å². The fourth-order valence-corrected chi connectivity index (χ4v) is 2.08. The Morgan fingerprint density at radius 2 is 2.12 bits per heavy atom. The van der Waals surface area contributed by atoms with E-state index < -0.39 is 10.0 Å². The Bertz CT molecular complexity index is 504. The van der Waals surface area contributed by atoms with Gasteiger partial charge in [0, 0.05) is 13.1 Å². The van der Waals surface area contributed by atoms with Crippen molar-refractivity contribution >= 4 is 37.5 Å². The van der Waals surface area contributed by atoms with Crippen LogP contribution < -0.4 is 15.8 Å². The summed E-state index contributed by atoms with van der Waals surface area (Å²) in [5, 5.41) is 3.01. The van der Waals surface area contributed by atoms with Gasteiger partial charge in [0.25, 0.3) is 0 Å². The van der Waals surface area contributed by atoms with Crippen LogP contribution in [0.3, 0.4) is 0 Å². The second-order valence-corrected chi connectivity index (χ2v) is 6.22. The van der Waals surface area contributed by atoms with Gasteiger partial charge in [-0.1, -0.05) is 0 Å². The summed E-state index contributed by atoms with van der Waals surface area (Å²) in [5.41, 5.74) is 7.20. The summed E-state index contributed by atoms with van der Waals surface area (Å²) < 4.78 is 24.8. The van der Waals surface area contributed by atoms with E-state index in [2.05, 4.69) is 31.0 Å². The number of rotatable bonds is 5. The first kappa shape index (κ1) is 14.2. The molecule has 1 aromatic heterocycles. The van der Waals surface area contributed by atoms with Gasteiger partial charge in [0.1, 0.15) is 5.82 Å². The molecule has 0 bridgehead atoms. The average molecular weight is 323 g/mol. The molecule has 4 N–H and O–H groups in total. The van der Waals surface area contributed by atoms with Crippen molar-refractivity contribution in [2.75, 3.05) is 30.4 Å². The van der Waals surface area contributed by atoms with Crippen LogP contribution in [0.25, 0.3) is 0 Å². The van der Waals surface area contributed by atoms with Crippen molar-refractivity contribution in [2.45, 2.75) is 6.92 Å². The molecule has 0 aliphatic carbocycles. The Hall–Kier alpha value is -0.860. The molecule has 0 atom stereocenters. The van der Waals surface area contributed by atoms with Gasteiger partial charge in [-0.15, -0.1) is 0 Å². The minimum atomic E-state index is -3.15. The van der Waals surface area contributed by atoms with Crippen molar-refractivity contribution in [1.82, 2.24) is 9.71 Å². The van der Waals surface area contributed by atoms with Crippen LogP contribution in [0.15, 0.2) is 10.7 Å². The predicted octanol–water partition coefficient (Wildman–Crippen LogP) is 0.696. The Balaban J connectivity index is 2.56. The SMILES string of the molecule is Cc1c(N)cnc(NCCNS(C)(=O)=O)c1Br. The molecule has 96 valence electrons. The second kappa shape index (κ2) is 5.65. The first-order valence-electron chi connectivity index (χ1n) is 4.90. The van der Waals surface area contributed by atoms with E-state index >= 15 is 0 Å². The highest BCUT2D eigenvalue weighted by atomic mass is 79.9. The average Bonchev–Trinajstić information content (AvgIpc) is 2.22. The van der Waals surface area contributed by atoms with Crippen molar-refractivity contribution in [2.24, 2.45) is 0 Å². The van der Waals surface area contributed by atoms with Gasteiger partial charge in [0.05, 0.1) is 22.6 Å². The zero-order valence-corrected chi connectivity index (χ0v) is 12.0. The Morgan fingerprint density at radius 1 is 1.47 bits per heavy atom. The van der Waals surface area contributed by atoms with Crippen LogP contribution in [0.2, 0.25) is 0 Å². The molecule has 0 spiro atoms. The van der Waals surface area contributed by atoms with Crippen LogP contribution in [0, 0.1) is 6.92 Å². The largest absolute Gasteiger partial charge is 0.397 e. The van der Waals surface area contributed by atoms with E-state index in [1.165, 1.54) is 0 Å². The third-order valence-corrected chi connectivity index (χ3v) is 3.78. The van der Waals surface area contributed by atoms with Gasteiger partial charge in [-0.2, -0.15) is 0 Å². The molecule has 8 heteroatoms. The van der Waals surface area contributed by atoms with Crippen molar-refractivity contribution in [3.8, 4) is 0 Å². The van der Waals surface area contributed by atoms with Crippen LogP contribution in [0.4, 0.5) is 11.5 Å². The van der Waals surface area contributed by atoms with E-state index in [-0.39, 0.29) is 0 Å². The highest BCUT2D eigenvalue weighted by Crippen LogP contribution is 2.27. The van der Waals surface area contributed by atoms with Crippen LogP contribution in [0.1, 0.15) is 5.56 Å². The van der Waals surface area contributed by atoms with Gasteiger partial charge in [0.2, 0.25) is 10.0 Å². The number of nitrogen functional groups attached to an aromatic ring is 1. The van der Waals surface area contributed by atoms with Crippen LogP contribution in [0.5, 0.6) is 0 Å². The molecule has 17 heavy (non-hydrogen) atoms. The first-order chi connectivity index (χ1) is 7.81. The number of anilines is 2. The maximum absolute atomic E-state index is 10.8. The first-order valence-corrected chi connectivity index (χ1v) is 7.59. The highest BCUT2D eigenvalue weighted by molar-refractivity contribution is 9.10. The van der Waals surface area contributed by atoms with Crippen molar-refractivity contribution in [3.05, 3.63) is 16.2 Å². The van der Waals surface area contributed by atoms with Gasteiger partial charge >= 0.3 is 0 Å². The van der Waals surface area contributed by atoms with Gasteiger partial charge in [-0.3, -0.25) is 0 Å². The lowest BCUT2D eigenvalue weighted by Gasteiger charge is -2.10. The van der Waals surface area contributed by atoms with Crippen LogP contribution in [-0.2, 0) is 10.0 Å². The lowest BCUT2D eigenvalue weighted by Crippen LogP contribution is -2.27. The van der Waals surface area contributed by atoms with Gasteiger partial charge in [-0.05, 0) is 28.4 Å². The third-order valence-electron chi connectivity index (χ3n) is 2.08. The number of pyridine rings is 1. The lowest BCUT2D eigenvalue weighted by atomic mass is 10.2. The molecule has 1 aromatic rings. The van der Waals surface area contributed by atoms with Gasteiger partial charge in [0.15, 0.2) is 0 Å². The fourth-order valence-electron chi connectivity index (χ4n) is 1.13. The number of hydrogen-bond donors (Lipinski definition) is 3. The maximum atomic E-state index is 10.8. The number of hydrogen-bond acceptors (Lipinski definition) is 5. The standard InChI is InChI=1S/C9H15BrN4O2S/c1-6-7(11)5-13-9(8(6)10)12-3-4-14-17(2,15)16/h5,14H,3-4,11H2,1-2H3,(H,12,13). The monoisotopic (exact) mass is 322 g/mol. The molecule has 0 aliphatic rings. The van der Waals surface area contributed by atoms with E-state index in [1.54, 1.807) is 6.20 Å². The summed E-state index contributed by atoms with van der Waals surface area (Å²) in [4.78, 5) is 4.11. The molecule has 0 aliphatic heterocycles. The third kappa shape index (κ3) is 4.49. The molecule has 0 aromatic carbocycles.